The van der Waals surface area contributed by atoms with Crippen LogP contribution in [0.2, 0.25) is 0 Å². The summed E-state index contributed by atoms with van der Waals surface area (Å²) in [7, 11) is 1.98. The zero-order valence-electron chi connectivity index (χ0n) is 11.7. The van der Waals surface area contributed by atoms with Crippen molar-refractivity contribution in [3.05, 3.63) is 30.0 Å². The molecule has 1 aromatic heterocycles. The molecule has 0 spiro atoms. The van der Waals surface area contributed by atoms with Crippen molar-refractivity contribution in [1.29, 1.82) is 0 Å². The molecule has 5 heteroatoms. The lowest BCUT2D eigenvalue weighted by atomic mass is 9.92. The Morgan fingerprint density at radius 1 is 1.35 bits per heavy atom. The molecule has 0 saturated carbocycles. The number of fused-ring (bicyclic) bond motifs is 1. The first-order chi connectivity index (χ1) is 9.74. The van der Waals surface area contributed by atoms with E-state index in [2.05, 4.69) is 28.6 Å². The molecule has 3 rings (SSSR count). The van der Waals surface area contributed by atoms with Gasteiger partial charge in [-0.1, -0.05) is 18.2 Å². The van der Waals surface area contributed by atoms with Crippen molar-refractivity contribution in [2.45, 2.75) is 24.9 Å². The summed E-state index contributed by atoms with van der Waals surface area (Å²) < 4.78 is 7.37. The maximum Gasteiger partial charge on any atom is 0.0841 e. The van der Waals surface area contributed by atoms with Crippen LogP contribution in [0.15, 0.2) is 24.3 Å². The molecule has 4 nitrogen and oxygen atoms in total. The Morgan fingerprint density at radius 2 is 2.10 bits per heavy atom. The third-order valence-corrected chi connectivity index (χ3v) is 4.68. The third kappa shape index (κ3) is 2.55. The number of aryl methyl sites for hydroxylation is 1. The summed E-state index contributed by atoms with van der Waals surface area (Å²) in [6, 6.07) is 8.31. The molecule has 0 bridgehead atoms. The quantitative estimate of drug-likeness (QED) is 0.880. The molecular weight excluding hydrogens is 274 g/mol. The Morgan fingerprint density at radius 3 is 2.85 bits per heavy atom. The molecule has 2 heterocycles. The fourth-order valence-corrected chi connectivity index (χ4v) is 3.17. The zero-order valence-corrected chi connectivity index (χ0v) is 12.5. The molecule has 1 N–H and O–H groups in total. The van der Waals surface area contributed by atoms with Gasteiger partial charge in [-0.3, -0.25) is 4.68 Å². The molecule has 108 valence electrons. The van der Waals surface area contributed by atoms with Crippen LogP contribution in [0.25, 0.3) is 10.9 Å². The average molecular weight is 294 g/mol. The molecular formula is C15H20ClN3O. The lowest BCUT2D eigenvalue weighted by Crippen LogP contribution is -2.50. The Balaban J connectivity index is 1.79. The molecule has 0 radical (unpaired) electrons. The van der Waals surface area contributed by atoms with Crippen LogP contribution in [0.5, 0.6) is 0 Å². The molecule has 0 aliphatic carbocycles. The van der Waals surface area contributed by atoms with Crippen LogP contribution in [0.1, 0.15) is 18.5 Å². The second-order valence-corrected chi connectivity index (χ2v) is 5.73. The largest absolute Gasteiger partial charge is 0.381 e. The van der Waals surface area contributed by atoms with E-state index in [0.717, 1.165) is 43.8 Å². The smallest absolute Gasteiger partial charge is 0.0841 e. The number of alkyl halides is 1. The van der Waals surface area contributed by atoms with E-state index in [4.69, 9.17) is 16.3 Å². The van der Waals surface area contributed by atoms with E-state index in [1.807, 2.05) is 17.8 Å². The normalized spacial score (nSPS) is 18.5. The van der Waals surface area contributed by atoms with Crippen molar-refractivity contribution >= 4 is 22.5 Å². The van der Waals surface area contributed by atoms with Gasteiger partial charge >= 0.3 is 0 Å². The Labute approximate surface area is 124 Å². The molecule has 2 aromatic rings. The van der Waals surface area contributed by atoms with Gasteiger partial charge in [0.05, 0.1) is 11.2 Å². The Kier molecular flexibility index (Phi) is 3.96. The number of para-hydroxylation sites is 1. The highest BCUT2D eigenvalue weighted by atomic mass is 35.5. The standard InChI is InChI=1S/C15H20ClN3O/c1-19-14-5-3-2-4-12(14)13(18-19)10-17-15(11-16)6-8-20-9-7-15/h2-5,17H,6-11H2,1H3. The van der Waals surface area contributed by atoms with Gasteiger partial charge < -0.3 is 10.1 Å². The summed E-state index contributed by atoms with van der Waals surface area (Å²) >= 11 is 6.18. The van der Waals surface area contributed by atoms with E-state index in [-0.39, 0.29) is 5.54 Å². The van der Waals surface area contributed by atoms with Gasteiger partial charge in [0.25, 0.3) is 0 Å². The van der Waals surface area contributed by atoms with E-state index >= 15 is 0 Å². The Bertz CT molecular complexity index is 590. The van der Waals surface area contributed by atoms with Crippen LogP contribution >= 0.6 is 11.6 Å². The van der Waals surface area contributed by atoms with Crippen molar-refractivity contribution in [2.24, 2.45) is 7.05 Å². The summed E-state index contributed by atoms with van der Waals surface area (Å²) in [4.78, 5) is 0. The minimum atomic E-state index is -0.0154. The number of nitrogens with zero attached hydrogens (tertiary/aromatic N) is 2. The fourth-order valence-electron chi connectivity index (χ4n) is 2.81. The molecule has 1 aliphatic rings. The number of halogens is 1. The van der Waals surface area contributed by atoms with Crippen LogP contribution < -0.4 is 5.32 Å². The lowest BCUT2D eigenvalue weighted by molar-refractivity contribution is 0.0458. The van der Waals surface area contributed by atoms with Crippen molar-refractivity contribution < 1.29 is 4.74 Å². The number of ether oxygens (including phenoxy) is 1. The molecule has 0 atom stereocenters. The topological polar surface area (TPSA) is 39.1 Å². The van der Waals surface area contributed by atoms with Crippen LogP contribution in [0.3, 0.4) is 0 Å². The van der Waals surface area contributed by atoms with Crippen molar-refractivity contribution in [3.8, 4) is 0 Å². The monoisotopic (exact) mass is 293 g/mol. The number of hydrogen-bond donors (Lipinski definition) is 1. The summed E-state index contributed by atoms with van der Waals surface area (Å²) in [5.41, 5.74) is 2.23. The zero-order chi connectivity index (χ0) is 14.0. The minimum absolute atomic E-state index is 0.0154. The van der Waals surface area contributed by atoms with Crippen LogP contribution in [0, 0.1) is 0 Å². The number of nitrogens with one attached hydrogen (secondary N) is 1. The highest BCUT2D eigenvalue weighted by molar-refractivity contribution is 6.18. The van der Waals surface area contributed by atoms with Crippen LogP contribution in [0.4, 0.5) is 0 Å². The molecule has 0 amide bonds. The number of hydrogen-bond acceptors (Lipinski definition) is 3. The van der Waals surface area contributed by atoms with E-state index in [9.17, 15) is 0 Å². The molecule has 1 fully saturated rings. The number of aromatic nitrogens is 2. The first-order valence-corrected chi connectivity index (χ1v) is 7.57. The SMILES string of the molecule is Cn1nc(CNC2(CCl)CCOCC2)c2ccccc21. The molecule has 20 heavy (non-hydrogen) atoms. The first-order valence-electron chi connectivity index (χ1n) is 7.03. The second kappa shape index (κ2) is 5.72. The number of benzene rings is 1. The van der Waals surface area contributed by atoms with E-state index in [1.165, 1.54) is 5.39 Å². The third-order valence-electron chi connectivity index (χ3n) is 4.17. The summed E-state index contributed by atoms with van der Waals surface area (Å²) in [5.74, 6) is 0.612. The first kappa shape index (κ1) is 13.9. The summed E-state index contributed by atoms with van der Waals surface area (Å²) in [6.07, 6.45) is 1.92. The highest BCUT2D eigenvalue weighted by Crippen LogP contribution is 2.24. The molecule has 1 aromatic carbocycles. The molecule has 1 aliphatic heterocycles. The lowest BCUT2D eigenvalue weighted by Gasteiger charge is -2.36. The molecule has 0 unspecified atom stereocenters. The van der Waals surface area contributed by atoms with Gasteiger partial charge in [-0.15, -0.1) is 11.6 Å². The van der Waals surface area contributed by atoms with E-state index in [0.29, 0.717) is 5.88 Å². The van der Waals surface area contributed by atoms with Gasteiger partial charge in [-0.25, -0.2) is 0 Å². The molecule has 1 saturated heterocycles. The minimum Gasteiger partial charge on any atom is -0.381 e. The summed E-state index contributed by atoms with van der Waals surface area (Å²) in [5, 5.41) is 9.45. The van der Waals surface area contributed by atoms with Gasteiger partial charge in [0.1, 0.15) is 0 Å². The maximum atomic E-state index is 6.18. The number of rotatable bonds is 4. The predicted molar refractivity (Wildman–Crippen MR) is 81.1 cm³/mol. The van der Waals surface area contributed by atoms with Crippen molar-refractivity contribution in [2.75, 3.05) is 19.1 Å². The van der Waals surface area contributed by atoms with Crippen molar-refractivity contribution in [3.63, 3.8) is 0 Å². The van der Waals surface area contributed by atoms with Gasteiger partial charge in [0.15, 0.2) is 0 Å². The van der Waals surface area contributed by atoms with Gasteiger partial charge in [0, 0.05) is 43.6 Å². The highest BCUT2D eigenvalue weighted by Gasteiger charge is 2.31. The fraction of sp³-hybridized carbons (Fsp3) is 0.533. The van der Waals surface area contributed by atoms with Crippen LogP contribution in [-0.4, -0.2) is 34.4 Å². The average Bonchev–Trinajstić information content (AvgIpc) is 2.83. The maximum absolute atomic E-state index is 6.18. The van der Waals surface area contributed by atoms with Gasteiger partial charge in [-0.05, 0) is 18.9 Å². The van der Waals surface area contributed by atoms with Gasteiger partial charge in [-0.2, -0.15) is 5.10 Å². The van der Waals surface area contributed by atoms with Crippen LogP contribution in [-0.2, 0) is 18.3 Å². The van der Waals surface area contributed by atoms with E-state index < -0.39 is 0 Å². The van der Waals surface area contributed by atoms with Crippen molar-refractivity contribution in [1.82, 2.24) is 15.1 Å². The predicted octanol–water partition coefficient (Wildman–Crippen LogP) is 2.45. The Hall–Kier alpha value is -1.10. The van der Waals surface area contributed by atoms with E-state index in [1.54, 1.807) is 0 Å². The summed E-state index contributed by atoms with van der Waals surface area (Å²) in [6.45, 7) is 2.31. The second-order valence-electron chi connectivity index (χ2n) is 5.47. The van der Waals surface area contributed by atoms with Gasteiger partial charge in [0.2, 0.25) is 0 Å².